The molecule has 126 valence electrons. The molecule has 2 N–H and O–H groups in total. The molecule has 0 atom stereocenters. The van der Waals surface area contributed by atoms with E-state index in [1.165, 1.54) is 5.56 Å². The number of rotatable bonds is 6. The fourth-order valence-electron chi connectivity index (χ4n) is 2.23. The van der Waals surface area contributed by atoms with Gasteiger partial charge in [0, 0.05) is 23.5 Å². The van der Waals surface area contributed by atoms with Crippen LogP contribution >= 0.6 is 12.6 Å². The quantitative estimate of drug-likeness (QED) is 0.557. The molecule has 2 rings (SSSR count). The Hall–Kier alpha value is -2.27. The Kier molecular flexibility index (Phi) is 6.44. The van der Waals surface area contributed by atoms with Crippen molar-refractivity contribution in [2.45, 2.75) is 24.7 Å². The minimum atomic E-state index is -0.198. The van der Waals surface area contributed by atoms with Gasteiger partial charge in [0.1, 0.15) is 0 Å². The summed E-state index contributed by atoms with van der Waals surface area (Å²) in [4.78, 5) is 24.7. The number of thiol groups is 1. The van der Waals surface area contributed by atoms with Crippen molar-refractivity contribution in [3.63, 3.8) is 0 Å². The maximum atomic E-state index is 12.1. The van der Waals surface area contributed by atoms with Gasteiger partial charge in [0.15, 0.2) is 0 Å². The third-order valence-electron chi connectivity index (χ3n) is 3.68. The summed E-state index contributed by atoms with van der Waals surface area (Å²) in [5, 5.41) is 5.56. The normalized spacial score (nSPS) is 10.5. The number of amides is 2. The van der Waals surface area contributed by atoms with Crippen molar-refractivity contribution >= 4 is 24.4 Å². The first-order valence-corrected chi connectivity index (χ1v) is 8.38. The minimum absolute atomic E-state index is 0.144. The van der Waals surface area contributed by atoms with Crippen LogP contribution in [-0.4, -0.2) is 24.9 Å². The molecule has 0 spiro atoms. The SMILES string of the molecule is CC(C)c1ccc(C(=O)NCCNC(=O)c2ccccc2S)cc1. The first-order chi connectivity index (χ1) is 11.5. The van der Waals surface area contributed by atoms with E-state index in [1.54, 1.807) is 18.2 Å². The van der Waals surface area contributed by atoms with E-state index < -0.39 is 0 Å². The van der Waals surface area contributed by atoms with Crippen molar-refractivity contribution in [1.82, 2.24) is 10.6 Å². The summed E-state index contributed by atoms with van der Waals surface area (Å²) >= 11 is 4.25. The van der Waals surface area contributed by atoms with Crippen LogP contribution in [-0.2, 0) is 0 Å². The predicted octanol–water partition coefficient (Wildman–Crippen LogP) is 3.26. The van der Waals surface area contributed by atoms with E-state index in [-0.39, 0.29) is 11.8 Å². The van der Waals surface area contributed by atoms with Crippen LogP contribution in [0.5, 0.6) is 0 Å². The zero-order valence-electron chi connectivity index (χ0n) is 13.9. The maximum absolute atomic E-state index is 12.1. The minimum Gasteiger partial charge on any atom is -0.350 e. The van der Waals surface area contributed by atoms with Crippen LogP contribution < -0.4 is 10.6 Å². The average molecular weight is 342 g/mol. The largest absolute Gasteiger partial charge is 0.350 e. The molecule has 0 heterocycles. The highest BCUT2D eigenvalue weighted by atomic mass is 32.1. The van der Waals surface area contributed by atoms with Gasteiger partial charge in [-0.1, -0.05) is 38.1 Å². The van der Waals surface area contributed by atoms with Crippen LogP contribution in [0.25, 0.3) is 0 Å². The average Bonchev–Trinajstić information content (AvgIpc) is 2.58. The van der Waals surface area contributed by atoms with Gasteiger partial charge < -0.3 is 10.6 Å². The molecule has 4 nitrogen and oxygen atoms in total. The molecule has 5 heteroatoms. The molecule has 2 aromatic carbocycles. The van der Waals surface area contributed by atoms with E-state index in [0.29, 0.717) is 35.0 Å². The summed E-state index contributed by atoms with van der Waals surface area (Å²) in [6.07, 6.45) is 0. The number of carbonyl (C=O) groups excluding carboxylic acids is 2. The third-order valence-corrected chi connectivity index (χ3v) is 4.07. The number of nitrogens with one attached hydrogen (secondary N) is 2. The fraction of sp³-hybridized carbons (Fsp3) is 0.263. The molecule has 0 aromatic heterocycles. The first-order valence-electron chi connectivity index (χ1n) is 7.93. The zero-order chi connectivity index (χ0) is 17.5. The molecule has 0 aliphatic rings. The third kappa shape index (κ3) is 4.86. The van der Waals surface area contributed by atoms with Crippen molar-refractivity contribution in [1.29, 1.82) is 0 Å². The zero-order valence-corrected chi connectivity index (χ0v) is 14.8. The molecule has 0 radical (unpaired) electrons. The highest BCUT2D eigenvalue weighted by molar-refractivity contribution is 7.80. The molecule has 0 saturated heterocycles. The van der Waals surface area contributed by atoms with E-state index in [4.69, 9.17) is 0 Å². The topological polar surface area (TPSA) is 58.2 Å². The Morgan fingerprint density at radius 3 is 2.08 bits per heavy atom. The maximum Gasteiger partial charge on any atom is 0.252 e. The van der Waals surface area contributed by atoms with E-state index in [1.807, 2.05) is 30.3 Å². The summed E-state index contributed by atoms with van der Waals surface area (Å²) in [5.74, 6) is 0.0947. The van der Waals surface area contributed by atoms with Gasteiger partial charge >= 0.3 is 0 Å². The Bertz CT molecular complexity index is 712. The van der Waals surface area contributed by atoms with Crippen LogP contribution in [0.1, 0.15) is 46.0 Å². The Morgan fingerprint density at radius 1 is 0.917 bits per heavy atom. The molecule has 0 bridgehead atoms. The first kappa shape index (κ1) is 18.1. The number of benzene rings is 2. The van der Waals surface area contributed by atoms with Crippen LogP contribution in [0.4, 0.5) is 0 Å². The van der Waals surface area contributed by atoms with Gasteiger partial charge in [-0.25, -0.2) is 0 Å². The second-order valence-electron chi connectivity index (χ2n) is 5.81. The van der Waals surface area contributed by atoms with Gasteiger partial charge in [-0.05, 0) is 35.7 Å². The van der Waals surface area contributed by atoms with E-state index in [9.17, 15) is 9.59 Å². The van der Waals surface area contributed by atoms with Crippen molar-refractivity contribution in [2.24, 2.45) is 0 Å². The molecule has 0 unspecified atom stereocenters. The standard InChI is InChI=1S/C19H22N2O2S/c1-13(2)14-7-9-15(10-8-14)18(22)20-11-12-21-19(23)16-5-3-4-6-17(16)24/h3-10,13,24H,11-12H2,1-2H3,(H,20,22)(H,21,23). The second-order valence-corrected chi connectivity index (χ2v) is 6.29. The predicted molar refractivity (Wildman–Crippen MR) is 98.9 cm³/mol. The lowest BCUT2D eigenvalue weighted by atomic mass is 10.0. The smallest absolute Gasteiger partial charge is 0.252 e. The highest BCUT2D eigenvalue weighted by Gasteiger charge is 2.09. The van der Waals surface area contributed by atoms with E-state index >= 15 is 0 Å². The number of hydrogen-bond donors (Lipinski definition) is 3. The molecule has 0 fully saturated rings. The van der Waals surface area contributed by atoms with Crippen LogP contribution in [0.2, 0.25) is 0 Å². The Labute approximate surface area is 148 Å². The van der Waals surface area contributed by atoms with Crippen LogP contribution in [0, 0.1) is 0 Å². The lowest BCUT2D eigenvalue weighted by Crippen LogP contribution is -2.34. The Balaban J connectivity index is 1.78. The Morgan fingerprint density at radius 2 is 1.50 bits per heavy atom. The molecular formula is C19H22N2O2S. The van der Waals surface area contributed by atoms with Gasteiger partial charge in [0.05, 0.1) is 5.56 Å². The lowest BCUT2D eigenvalue weighted by Gasteiger charge is -2.09. The van der Waals surface area contributed by atoms with Crippen molar-refractivity contribution in [2.75, 3.05) is 13.1 Å². The molecule has 2 aromatic rings. The summed E-state index contributed by atoms with van der Waals surface area (Å²) in [6.45, 7) is 4.95. The van der Waals surface area contributed by atoms with E-state index in [2.05, 4.69) is 37.1 Å². The van der Waals surface area contributed by atoms with Crippen molar-refractivity contribution < 1.29 is 9.59 Å². The fourth-order valence-corrected chi connectivity index (χ4v) is 2.50. The molecule has 24 heavy (non-hydrogen) atoms. The molecular weight excluding hydrogens is 320 g/mol. The van der Waals surface area contributed by atoms with Gasteiger partial charge in [0.25, 0.3) is 11.8 Å². The van der Waals surface area contributed by atoms with Gasteiger partial charge in [-0.15, -0.1) is 12.6 Å². The summed E-state index contributed by atoms with van der Waals surface area (Å²) in [7, 11) is 0. The molecule has 0 saturated carbocycles. The van der Waals surface area contributed by atoms with Crippen LogP contribution in [0.3, 0.4) is 0 Å². The number of hydrogen-bond acceptors (Lipinski definition) is 3. The van der Waals surface area contributed by atoms with Gasteiger partial charge in [-0.3, -0.25) is 9.59 Å². The molecule has 0 aliphatic heterocycles. The molecule has 2 amide bonds. The summed E-state index contributed by atoms with van der Waals surface area (Å²) in [5.41, 5.74) is 2.34. The lowest BCUT2D eigenvalue weighted by molar-refractivity contribution is 0.0926. The monoisotopic (exact) mass is 342 g/mol. The van der Waals surface area contributed by atoms with Crippen molar-refractivity contribution in [3.8, 4) is 0 Å². The van der Waals surface area contributed by atoms with Gasteiger partial charge in [0.2, 0.25) is 0 Å². The van der Waals surface area contributed by atoms with E-state index in [0.717, 1.165) is 0 Å². The van der Waals surface area contributed by atoms with Crippen molar-refractivity contribution in [3.05, 3.63) is 65.2 Å². The van der Waals surface area contributed by atoms with Crippen LogP contribution in [0.15, 0.2) is 53.4 Å². The summed E-state index contributed by atoms with van der Waals surface area (Å²) < 4.78 is 0. The summed E-state index contributed by atoms with van der Waals surface area (Å²) in [6, 6.07) is 14.7. The second kappa shape index (κ2) is 8.55. The molecule has 0 aliphatic carbocycles. The highest BCUT2D eigenvalue weighted by Crippen LogP contribution is 2.14. The van der Waals surface area contributed by atoms with Gasteiger partial charge in [-0.2, -0.15) is 0 Å². The number of carbonyl (C=O) groups is 2.